The minimum Gasteiger partial charge on any atom is -0.497 e. The molecule has 2 aromatic heterocycles. The number of hydrogen-bond acceptors (Lipinski definition) is 6. The minimum absolute atomic E-state index is 0.125. The molecule has 0 amide bonds. The largest absolute Gasteiger partial charge is 0.497 e. The fourth-order valence-corrected chi connectivity index (χ4v) is 3.90. The number of carbonyl (C=O) groups is 2. The highest BCUT2D eigenvalue weighted by Crippen LogP contribution is 2.33. The van der Waals surface area contributed by atoms with Crippen LogP contribution in [0.25, 0.3) is 11.0 Å². The van der Waals surface area contributed by atoms with Crippen LogP contribution in [0.5, 0.6) is 11.5 Å². The summed E-state index contributed by atoms with van der Waals surface area (Å²) in [5.41, 5.74) is 3.46. The lowest BCUT2D eigenvalue weighted by Gasteiger charge is -2.12. The third-order valence-corrected chi connectivity index (χ3v) is 5.46. The Hall–Kier alpha value is -4.33. The average Bonchev–Trinajstić information content (AvgIpc) is 3.14. The van der Waals surface area contributed by atoms with E-state index in [1.165, 1.54) is 0 Å². The van der Waals surface area contributed by atoms with Gasteiger partial charge in [0.15, 0.2) is 12.4 Å². The molecule has 8 heteroatoms. The summed E-state index contributed by atoms with van der Waals surface area (Å²) in [6.07, 6.45) is 0. The van der Waals surface area contributed by atoms with E-state index in [2.05, 4.69) is 5.32 Å². The van der Waals surface area contributed by atoms with Gasteiger partial charge in [-0.05, 0) is 61.0 Å². The van der Waals surface area contributed by atoms with Crippen molar-refractivity contribution in [2.75, 3.05) is 26.1 Å². The van der Waals surface area contributed by atoms with Gasteiger partial charge in [0, 0.05) is 23.7 Å². The highest BCUT2D eigenvalue weighted by atomic mass is 16.5. The topological polar surface area (TPSA) is 103 Å². The average molecular weight is 460 g/mol. The fourth-order valence-electron chi connectivity index (χ4n) is 3.90. The van der Waals surface area contributed by atoms with Crippen molar-refractivity contribution in [2.45, 2.75) is 13.5 Å². The Kier molecular flexibility index (Phi) is 6.49. The molecular formula is C26H25N3O5. The van der Waals surface area contributed by atoms with Gasteiger partial charge in [-0.1, -0.05) is 12.1 Å². The quantitative estimate of drug-likeness (QED) is 0.363. The predicted octanol–water partition coefficient (Wildman–Crippen LogP) is 4.14. The molecule has 4 aromatic rings. The molecular weight excluding hydrogens is 434 g/mol. The number of rotatable bonds is 9. The van der Waals surface area contributed by atoms with E-state index in [9.17, 15) is 9.59 Å². The van der Waals surface area contributed by atoms with Crippen LogP contribution >= 0.6 is 0 Å². The molecule has 2 N–H and O–H groups in total. The van der Waals surface area contributed by atoms with Gasteiger partial charge in [-0.25, -0.2) is 9.78 Å². The number of methoxy groups -OCH3 is 1. The standard InChI is InChI=1S/C26H25N3O5/c1-16-7-12-21-23(24(32)18-8-10-19(33-3)11-9-18)26(27-2)29(25(21)28-16)14-17-5-4-6-20(13-17)34-15-22(30)31/h4-13,27H,14-15H2,1-3H3,(H,30,31). The number of carboxylic acids is 1. The van der Waals surface area contributed by atoms with Crippen LogP contribution in [0.3, 0.4) is 0 Å². The van der Waals surface area contributed by atoms with Gasteiger partial charge in [0.25, 0.3) is 0 Å². The molecule has 0 saturated carbocycles. The Balaban J connectivity index is 1.80. The summed E-state index contributed by atoms with van der Waals surface area (Å²) in [6, 6.07) is 18.0. The number of nitrogens with one attached hydrogen (secondary N) is 1. The van der Waals surface area contributed by atoms with Crippen LogP contribution in [0.1, 0.15) is 27.2 Å². The van der Waals surface area contributed by atoms with Crippen LogP contribution in [0.2, 0.25) is 0 Å². The van der Waals surface area contributed by atoms with Crippen LogP contribution in [-0.4, -0.2) is 47.2 Å². The molecule has 2 aromatic carbocycles. The fraction of sp³-hybridized carbons (Fsp3) is 0.192. The molecule has 0 aliphatic carbocycles. The van der Waals surface area contributed by atoms with Gasteiger partial charge < -0.3 is 24.5 Å². The Bertz CT molecular complexity index is 1360. The number of aromatic nitrogens is 2. The van der Waals surface area contributed by atoms with Gasteiger partial charge >= 0.3 is 5.97 Å². The zero-order valence-corrected chi connectivity index (χ0v) is 19.2. The van der Waals surface area contributed by atoms with E-state index >= 15 is 0 Å². The monoisotopic (exact) mass is 459 g/mol. The lowest BCUT2D eigenvalue weighted by Crippen LogP contribution is -2.10. The number of pyridine rings is 1. The van der Waals surface area contributed by atoms with Crippen LogP contribution < -0.4 is 14.8 Å². The third-order valence-electron chi connectivity index (χ3n) is 5.46. The molecule has 0 fully saturated rings. The number of anilines is 1. The van der Waals surface area contributed by atoms with E-state index in [4.69, 9.17) is 19.6 Å². The number of hydrogen-bond donors (Lipinski definition) is 2. The van der Waals surface area contributed by atoms with Crippen LogP contribution in [0.15, 0.2) is 60.7 Å². The number of fused-ring (bicyclic) bond motifs is 1. The number of ether oxygens (including phenoxy) is 2. The predicted molar refractivity (Wildman–Crippen MR) is 129 cm³/mol. The number of carbonyl (C=O) groups excluding carboxylic acids is 1. The Morgan fingerprint density at radius 2 is 1.82 bits per heavy atom. The van der Waals surface area contributed by atoms with Crippen LogP contribution in [0.4, 0.5) is 5.82 Å². The van der Waals surface area contributed by atoms with E-state index < -0.39 is 12.6 Å². The lowest BCUT2D eigenvalue weighted by molar-refractivity contribution is -0.139. The van der Waals surface area contributed by atoms with Crippen molar-refractivity contribution >= 4 is 28.6 Å². The van der Waals surface area contributed by atoms with Crippen molar-refractivity contribution in [3.05, 3.63) is 83.0 Å². The number of benzene rings is 2. The molecule has 174 valence electrons. The summed E-state index contributed by atoms with van der Waals surface area (Å²) in [5.74, 6) is 0.613. The van der Waals surface area contributed by atoms with Gasteiger partial charge in [-0.2, -0.15) is 0 Å². The third kappa shape index (κ3) is 4.56. The van der Waals surface area contributed by atoms with Gasteiger partial charge in [0.1, 0.15) is 23.0 Å². The highest BCUT2D eigenvalue weighted by molar-refractivity contribution is 6.19. The number of aliphatic carboxylic acids is 1. The summed E-state index contributed by atoms with van der Waals surface area (Å²) in [6.45, 7) is 1.89. The summed E-state index contributed by atoms with van der Waals surface area (Å²) in [7, 11) is 3.36. The van der Waals surface area contributed by atoms with Crippen molar-refractivity contribution in [1.82, 2.24) is 9.55 Å². The minimum atomic E-state index is -1.04. The van der Waals surface area contributed by atoms with Crippen LogP contribution in [-0.2, 0) is 11.3 Å². The van der Waals surface area contributed by atoms with Gasteiger partial charge in [0.2, 0.25) is 0 Å². The van der Waals surface area contributed by atoms with Crippen LogP contribution in [0, 0.1) is 6.92 Å². The molecule has 8 nitrogen and oxygen atoms in total. The second kappa shape index (κ2) is 9.66. The molecule has 0 spiro atoms. The Morgan fingerprint density at radius 3 is 2.50 bits per heavy atom. The van der Waals surface area contributed by atoms with E-state index in [0.717, 1.165) is 16.6 Å². The highest BCUT2D eigenvalue weighted by Gasteiger charge is 2.24. The van der Waals surface area contributed by atoms with Crippen molar-refractivity contribution in [2.24, 2.45) is 0 Å². The zero-order valence-electron chi connectivity index (χ0n) is 19.2. The Labute approximate surface area is 196 Å². The van der Waals surface area contributed by atoms with E-state index in [1.807, 2.05) is 29.7 Å². The molecule has 0 radical (unpaired) electrons. The van der Waals surface area contributed by atoms with Crippen molar-refractivity contribution in [1.29, 1.82) is 0 Å². The smallest absolute Gasteiger partial charge is 0.341 e. The molecule has 34 heavy (non-hydrogen) atoms. The van der Waals surface area contributed by atoms with Gasteiger partial charge in [-0.3, -0.25) is 4.79 Å². The molecule has 0 atom stereocenters. The van der Waals surface area contributed by atoms with E-state index in [-0.39, 0.29) is 5.78 Å². The van der Waals surface area contributed by atoms with Crippen molar-refractivity contribution < 1.29 is 24.2 Å². The first kappa shape index (κ1) is 22.8. The lowest BCUT2D eigenvalue weighted by atomic mass is 10.0. The van der Waals surface area contributed by atoms with Gasteiger partial charge in [-0.15, -0.1) is 0 Å². The van der Waals surface area contributed by atoms with Gasteiger partial charge in [0.05, 0.1) is 19.2 Å². The molecule has 0 aliphatic rings. The molecule has 2 heterocycles. The van der Waals surface area contributed by atoms with Crippen molar-refractivity contribution in [3.8, 4) is 11.5 Å². The maximum absolute atomic E-state index is 13.6. The van der Waals surface area contributed by atoms with E-state index in [1.54, 1.807) is 56.6 Å². The van der Waals surface area contributed by atoms with E-state index in [0.29, 0.717) is 40.6 Å². The number of nitrogens with zero attached hydrogens (tertiary/aromatic N) is 2. The second-order valence-corrected chi connectivity index (χ2v) is 7.77. The first-order valence-electron chi connectivity index (χ1n) is 10.7. The summed E-state index contributed by atoms with van der Waals surface area (Å²) < 4.78 is 12.5. The molecule has 0 aliphatic heterocycles. The Morgan fingerprint density at radius 1 is 1.06 bits per heavy atom. The zero-order chi connectivity index (χ0) is 24.2. The normalized spacial score (nSPS) is 10.8. The first-order valence-corrected chi connectivity index (χ1v) is 10.7. The maximum Gasteiger partial charge on any atom is 0.341 e. The summed E-state index contributed by atoms with van der Waals surface area (Å²) in [4.78, 5) is 29.2. The molecule has 0 bridgehead atoms. The summed E-state index contributed by atoms with van der Waals surface area (Å²) in [5, 5.41) is 12.8. The second-order valence-electron chi connectivity index (χ2n) is 7.77. The molecule has 4 rings (SSSR count). The van der Waals surface area contributed by atoms with Crippen molar-refractivity contribution in [3.63, 3.8) is 0 Å². The molecule has 0 unspecified atom stereocenters. The maximum atomic E-state index is 13.6. The number of ketones is 1. The summed E-state index contributed by atoms with van der Waals surface area (Å²) >= 11 is 0. The number of carboxylic acid groups (broad SMARTS) is 1. The molecule has 0 saturated heterocycles. The first-order chi connectivity index (χ1) is 16.4. The SMILES string of the molecule is CNc1c(C(=O)c2ccc(OC)cc2)c2ccc(C)nc2n1Cc1cccc(OCC(=O)O)c1. The number of aryl methyl sites for hydroxylation is 1.